The normalized spacial score (nSPS) is 11.2. The van der Waals surface area contributed by atoms with Gasteiger partial charge in [-0.3, -0.25) is 4.57 Å². The van der Waals surface area contributed by atoms with Gasteiger partial charge in [-0.1, -0.05) is 43.8 Å². The Bertz CT molecular complexity index is 867. The number of benzene rings is 1. The van der Waals surface area contributed by atoms with Crippen molar-refractivity contribution in [2.24, 2.45) is 0 Å². The maximum atomic E-state index is 13.3. The van der Waals surface area contributed by atoms with E-state index in [2.05, 4.69) is 46.6 Å². The van der Waals surface area contributed by atoms with Crippen molar-refractivity contribution in [1.82, 2.24) is 14.8 Å². The zero-order chi connectivity index (χ0) is 17.8. The minimum atomic E-state index is -0.217. The average Bonchev–Trinajstić information content (AvgIpc) is 3.20. The van der Waals surface area contributed by atoms with Crippen LogP contribution in [0, 0.1) is 5.82 Å². The molecule has 0 aliphatic rings. The van der Waals surface area contributed by atoms with Crippen LogP contribution in [0.15, 0.2) is 53.5 Å². The predicted molar refractivity (Wildman–Crippen MR) is 104 cm³/mol. The molecule has 0 spiro atoms. The fraction of sp³-hybridized carbons (Fsp3) is 0.263. The van der Waals surface area contributed by atoms with Gasteiger partial charge in [-0.15, -0.1) is 28.1 Å². The van der Waals surface area contributed by atoms with E-state index in [9.17, 15) is 4.39 Å². The van der Waals surface area contributed by atoms with E-state index in [4.69, 9.17) is 0 Å². The summed E-state index contributed by atoms with van der Waals surface area (Å²) in [7, 11) is 0. The van der Waals surface area contributed by atoms with Gasteiger partial charge in [0, 0.05) is 28.1 Å². The summed E-state index contributed by atoms with van der Waals surface area (Å²) in [5.41, 5.74) is 2.01. The van der Waals surface area contributed by atoms with Gasteiger partial charge < -0.3 is 0 Å². The second kappa shape index (κ2) is 7.97. The Morgan fingerprint density at radius 1 is 1.32 bits per heavy atom. The Hall–Kier alpha value is -1.92. The Morgan fingerprint density at radius 3 is 2.84 bits per heavy atom. The number of nitrogens with zero attached hydrogens (tertiary/aromatic N) is 3. The van der Waals surface area contributed by atoms with Gasteiger partial charge in [-0.25, -0.2) is 4.39 Å². The third-order valence-corrected chi connectivity index (χ3v) is 6.00. The van der Waals surface area contributed by atoms with Crippen molar-refractivity contribution < 1.29 is 4.39 Å². The highest BCUT2D eigenvalue weighted by Crippen LogP contribution is 2.31. The maximum absolute atomic E-state index is 13.3. The highest BCUT2D eigenvalue weighted by molar-refractivity contribution is 7.98. The number of thiophene rings is 1. The van der Waals surface area contributed by atoms with E-state index in [1.807, 2.05) is 12.1 Å². The Morgan fingerprint density at radius 2 is 2.16 bits per heavy atom. The van der Waals surface area contributed by atoms with Gasteiger partial charge in [-0.05, 0) is 29.7 Å². The van der Waals surface area contributed by atoms with E-state index in [-0.39, 0.29) is 5.82 Å². The van der Waals surface area contributed by atoms with Crippen molar-refractivity contribution in [2.45, 2.75) is 37.2 Å². The van der Waals surface area contributed by atoms with E-state index in [0.29, 0.717) is 18.2 Å². The average molecular weight is 374 g/mol. The van der Waals surface area contributed by atoms with E-state index in [0.717, 1.165) is 22.1 Å². The van der Waals surface area contributed by atoms with Crippen LogP contribution in [0.3, 0.4) is 0 Å². The number of thioether (sulfide) groups is 1. The van der Waals surface area contributed by atoms with Gasteiger partial charge in [0.1, 0.15) is 5.82 Å². The molecular formula is C19H20FN3S2. The summed E-state index contributed by atoms with van der Waals surface area (Å²) in [5.74, 6) is 1.78. The molecule has 25 heavy (non-hydrogen) atoms. The second-order valence-corrected chi connectivity index (χ2v) is 7.90. The molecule has 2 aromatic heterocycles. The lowest BCUT2D eigenvalue weighted by Gasteiger charge is -2.07. The van der Waals surface area contributed by atoms with Crippen molar-refractivity contribution in [2.75, 3.05) is 0 Å². The number of rotatable bonds is 7. The zero-order valence-corrected chi connectivity index (χ0v) is 15.9. The smallest absolute Gasteiger partial charge is 0.192 e. The molecule has 3 aromatic rings. The first-order chi connectivity index (χ1) is 12.1. The van der Waals surface area contributed by atoms with Gasteiger partial charge in [0.05, 0.1) is 0 Å². The predicted octanol–water partition coefficient (Wildman–Crippen LogP) is 5.75. The summed E-state index contributed by atoms with van der Waals surface area (Å²) < 4.78 is 15.4. The van der Waals surface area contributed by atoms with Crippen LogP contribution in [0.4, 0.5) is 4.39 Å². The van der Waals surface area contributed by atoms with E-state index >= 15 is 0 Å². The molecule has 3 rings (SSSR count). The molecule has 6 heteroatoms. The molecule has 130 valence electrons. The molecule has 0 aliphatic carbocycles. The summed E-state index contributed by atoms with van der Waals surface area (Å²) in [6.45, 7) is 8.85. The minimum Gasteiger partial charge on any atom is -0.298 e. The van der Waals surface area contributed by atoms with Crippen LogP contribution in [0.5, 0.6) is 0 Å². The molecule has 0 aliphatic heterocycles. The third kappa shape index (κ3) is 4.19. The fourth-order valence-electron chi connectivity index (χ4n) is 2.45. The minimum absolute atomic E-state index is 0.217. The summed E-state index contributed by atoms with van der Waals surface area (Å²) in [4.78, 5) is 1.33. The lowest BCUT2D eigenvalue weighted by molar-refractivity contribution is 0.626. The van der Waals surface area contributed by atoms with Crippen LogP contribution >= 0.6 is 23.1 Å². The molecule has 0 unspecified atom stereocenters. The van der Waals surface area contributed by atoms with Crippen molar-refractivity contribution >= 4 is 23.1 Å². The molecule has 0 amide bonds. The van der Waals surface area contributed by atoms with Crippen molar-refractivity contribution in [3.8, 4) is 11.4 Å². The van der Waals surface area contributed by atoms with Gasteiger partial charge in [0.15, 0.2) is 11.0 Å². The molecular weight excluding hydrogens is 353 g/mol. The monoisotopic (exact) mass is 373 g/mol. The molecule has 0 saturated carbocycles. The molecule has 0 bridgehead atoms. The van der Waals surface area contributed by atoms with E-state index in [1.54, 1.807) is 35.2 Å². The summed E-state index contributed by atoms with van der Waals surface area (Å²) in [6, 6.07) is 8.83. The van der Waals surface area contributed by atoms with Gasteiger partial charge in [0.25, 0.3) is 0 Å². The van der Waals surface area contributed by atoms with Crippen LogP contribution in [-0.2, 0) is 12.3 Å². The Labute approximate surface area is 155 Å². The van der Waals surface area contributed by atoms with Crippen LogP contribution in [0.1, 0.15) is 30.2 Å². The lowest BCUT2D eigenvalue weighted by atomic mass is 10.1. The van der Waals surface area contributed by atoms with E-state index < -0.39 is 0 Å². The first kappa shape index (κ1) is 17.9. The Kier molecular flexibility index (Phi) is 5.71. The summed E-state index contributed by atoms with van der Waals surface area (Å²) in [5, 5.41) is 11.7. The zero-order valence-electron chi connectivity index (χ0n) is 14.3. The molecule has 3 nitrogen and oxygen atoms in total. The van der Waals surface area contributed by atoms with Gasteiger partial charge in [0.2, 0.25) is 0 Å². The number of hydrogen-bond donors (Lipinski definition) is 0. The Balaban J connectivity index is 1.84. The highest BCUT2D eigenvalue weighted by atomic mass is 32.2. The molecule has 0 radical (unpaired) electrons. The standard InChI is InChI=1S/C19H20FN3S2/c1-4-8-23-18(15-10-17(13(2)3)24-12-15)21-22-19(23)25-11-14-6-5-7-16(20)9-14/h4-7,9-10,12-13H,1,8,11H2,2-3H3. The van der Waals surface area contributed by atoms with Crippen LogP contribution in [0.25, 0.3) is 11.4 Å². The van der Waals surface area contributed by atoms with Crippen LogP contribution in [0.2, 0.25) is 0 Å². The first-order valence-electron chi connectivity index (χ1n) is 8.08. The summed E-state index contributed by atoms with van der Waals surface area (Å²) in [6.07, 6.45) is 1.84. The number of allylic oxidation sites excluding steroid dienone is 1. The van der Waals surface area contributed by atoms with Crippen molar-refractivity contribution in [1.29, 1.82) is 0 Å². The fourth-order valence-corrected chi connectivity index (χ4v) is 4.24. The van der Waals surface area contributed by atoms with E-state index in [1.165, 1.54) is 10.9 Å². The van der Waals surface area contributed by atoms with Crippen LogP contribution < -0.4 is 0 Å². The largest absolute Gasteiger partial charge is 0.298 e. The second-order valence-electron chi connectivity index (χ2n) is 6.02. The molecule has 1 aromatic carbocycles. The first-order valence-corrected chi connectivity index (χ1v) is 9.95. The lowest BCUT2D eigenvalue weighted by Crippen LogP contribution is -2.00. The molecule has 0 N–H and O–H groups in total. The SMILES string of the molecule is C=CCn1c(SCc2cccc(F)c2)nnc1-c1csc(C(C)C)c1. The maximum Gasteiger partial charge on any atom is 0.192 e. The topological polar surface area (TPSA) is 30.7 Å². The number of hydrogen-bond acceptors (Lipinski definition) is 4. The summed E-state index contributed by atoms with van der Waals surface area (Å²) >= 11 is 3.30. The molecule has 0 saturated heterocycles. The molecule has 0 fully saturated rings. The molecule has 0 atom stereocenters. The van der Waals surface area contributed by atoms with Crippen molar-refractivity contribution in [3.05, 3.63) is 64.6 Å². The quantitative estimate of drug-likeness (QED) is 0.390. The van der Waals surface area contributed by atoms with Gasteiger partial charge >= 0.3 is 0 Å². The van der Waals surface area contributed by atoms with Crippen molar-refractivity contribution in [3.63, 3.8) is 0 Å². The van der Waals surface area contributed by atoms with Crippen LogP contribution in [-0.4, -0.2) is 14.8 Å². The van der Waals surface area contributed by atoms with Gasteiger partial charge in [-0.2, -0.15) is 0 Å². The number of aromatic nitrogens is 3. The third-order valence-electron chi connectivity index (χ3n) is 3.73. The highest BCUT2D eigenvalue weighted by Gasteiger charge is 2.16. The number of halogens is 1. The molecule has 2 heterocycles.